The molecule has 3 amide bonds. The summed E-state index contributed by atoms with van der Waals surface area (Å²) >= 11 is 6.93. The molecule has 0 bridgehead atoms. The lowest BCUT2D eigenvalue weighted by molar-refractivity contribution is -0.134. The number of benzene rings is 2. The first-order valence-electron chi connectivity index (χ1n) is 18.2. The quantitative estimate of drug-likeness (QED) is 0.217. The number of nitrogens with zero attached hydrogens (tertiary/aromatic N) is 4. The molecule has 52 heavy (non-hydrogen) atoms. The van der Waals surface area contributed by atoms with E-state index in [-0.39, 0.29) is 23.3 Å². The molecule has 5 heterocycles. The standard InChI is InChI=1S/C40H45ClN6O5/c1-45-23-32(30-9-14-42-22-31(30)40(45)51)28-20-34(41)33(36(21-28)52-2)24-46-15-10-25(11-16-46)19-38(49)47-17-12-27(13-18-47)26-3-5-29(6-4-26)43-35-7-8-37(48)44-39(35)50/h3-6,9,14,20-23,25,27,35,43H,7-8,10-13,15-19,24H2,1-2H3,(H,44,48,50). The number of ether oxygens (including phenoxy) is 1. The second-order valence-corrected chi connectivity index (χ2v) is 14.8. The molecule has 0 saturated carbocycles. The number of hydrogen-bond donors (Lipinski definition) is 2. The van der Waals surface area contributed by atoms with Gasteiger partial charge in [0.25, 0.3) is 5.56 Å². The van der Waals surface area contributed by atoms with Crippen molar-refractivity contribution < 1.29 is 19.1 Å². The molecule has 2 aromatic heterocycles. The van der Waals surface area contributed by atoms with Gasteiger partial charge in [0.15, 0.2) is 0 Å². The monoisotopic (exact) mass is 724 g/mol. The van der Waals surface area contributed by atoms with Crippen molar-refractivity contribution in [1.82, 2.24) is 24.7 Å². The van der Waals surface area contributed by atoms with Gasteiger partial charge in [0.1, 0.15) is 11.8 Å². The van der Waals surface area contributed by atoms with Crippen molar-refractivity contribution in [3.8, 4) is 16.9 Å². The number of methoxy groups -OCH3 is 1. The molecular weight excluding hydrogens is 680 g/mol. The minimum absolute atomic E-state index is 0.0986. The van der Waals surface area contributed by atoms with Crippen LogP contribution in [0.25, 0.3) is 21.9 Å². The van der Waals surface area contributed by atoms with Crippen LogP contribution in [0.1, 0.15) is 62.0 Å². The van der Waals surface area contributed by atoms with Gasteiger partial charge in [-0.2, -0.15) is 0 Å². The fourth-order valence-electron chi connectivity index (χ4n) is 7.94. The van der Waals surface area contributed by atoms with Crippen molar-refractivity contribution in [1.29, 1.82) is 0 Å². The number of carbonyl (C=O) groups excluding carboxylic acids is 3. The highest BCUT2D eigenvalue weighted by atomic mass is 35.5. The number of halogens is 1. The van der Waals surface area contributed by atoms with Crippen LogP contribution in [0.4, 0.5) is 5.69 Å². The summed E-state index contributed by atoms with van der Waals surface area (Å²) in [7, 11) is 3.39. The maximum Gasteiger partial charge on any atom is 0.259 e. The summed E-state index contributed by atoms with van der Waals surface area (Å²) in [5.74, 6) is 1.22. The maximum atomic E-state index is 13.4. The van der Waals surface area contributed by atoms with Gasteiger partial charge in [0, 0.05) is 80.0 Å². The van der Waals surface area contributed by atoms with Crippen LogP contribution in [0, 0.1) is 5.92 Å². The lowest BCUT2D eigenvalue weighted by Crippen LogP contribution is -2.47. The van der Waals surface area contributed by atoms with E-state index in [0.29, 0.717) is 53.8 Å². The highest BCUT2D eigenvalue weighted by Gasteiger charge is 2.29. The molecule has 3 saturated heterocycles. The normalized spacial score (nSPS) is 19.1. The van der Waals surface area contributed by atoms with Gasteiger partial charge in [-0.15, -0.1) is 0 Å². The van der Waals surface area contributed by atoms with Crippen LogP contribution in [0.5, 0.6) is 5.75 Å². The molecule has 2 aromatic carbocycles. The molecule has 1 atom stereocenters. The van der Waals surface area contributed by atoms with Gasteiger partial charge >= 0.3 is 0 Å². The minimum atomic E-state index is -0.398. The molecular formula is C40H45ClN6O5. The van der Waals surface area contributed by atoms with E-state index in [1.165, 1.54) is 5.56 Å². The number of amides is 3. The predicted molar refractivity (Wildman–Crippen MR) is 201 cm³/mol. The Bertz CT molecular complexity index is 2030. The van der Waals surface area contributed by atoms with Crippen LogP contribution in [0.2, 0.25) is 5.02 Å². The van der Waals surface area contributed by atoms with Crippen LogP contribution in [0.15, 0.2) is 65.8 Å². The zero-order valence-corrected chi connectivity index (χ0v) is 30.5. The highest BCUT2D eigenvalue weighted by Crippen LogP contribution is 2.37. The number of rotatable bonds is 9. The Hall–Kier alpha value is -4.74. The zero-order chi connectivity index (χ0) is 36.4. The number of imide groups is 1. The van der Waals surface area contributed by atoms with E-state index in [9.17, 15) is 19.2 Å². The van der Waals surface area contributed by atoms with Crippen molar-refractivity contribution in [2.75, 3.05) is 38.6 Å². The van der Waals surface area contributed by atoms with Gasteiger partial charge in [-0.1, -0.05) is 23.7 Å². The SMILES string of the molecule is COc1cc(-c2cn(C)c(=O)c3cnccc23)cc(Cl)c1CN1CCC(CC(=O)N2CCC(c3ccc(NC4CCC(=O)NC4=O)cc3)CC2)CC1. The average Bonchev–Trinajstić information content (AvgIpc) is 3.16. The third kappa shape index (κ3) is 7.71. The first-order valence-corrected chi connectivity index (χ1v) is 18.5. The van der Waals surface area contributed by atoms with E-state index < -0.39 is 6.04 Å². The Labute approximate surface area is 308 Å². The van der Waals surface area contributed by atoms with Gasteiger partial charge in [-0.25, -0.2) is 0 Å². The third-order valence-electron chi connectivity index (χ3n) is 11.0. The van der Waals surface area contributed by atoms with E-state index in [0.717, 1.165) is 79.6 Å². The van der Waals surface area contributed by atoms with E-state index in [2.05, 4.69) is 32.7 Å². The summed E-state index contributed by atoms with van der Waals surface area (Å²) in [6.07, 6.45) is 10.3. The lowest BCUT2D eigenvalue weighted by Gasteiger charge is -2.35. The fourth-order valence-corrected chi connectivity index (χ4v) is 8.21. The third-order valence-corrected chi connectivity index (χ3v) is 11.4. The number of aromatic nitrogens is 2. The van der Waals surface area contributed by atoms with Crippen molar-refractivity contribution >= 4 is 45.8 Å². The molecule has 2 N–H and O–H groups in total. The van der Waals surface area contributed by atoms with Gasteiger partial charge < -0.3 is 19.5 Å². The zero-order valence-electron chi connectivity index (χ0n) is 29.7. The van der Waals surface area contributed by atoms with Crippen molar-refractivity contribution in [2.24, 2.45) is 13.0 Å². The second kappa shape index (κ2) is 15.5. The van der Waals surface area contributed by atoms with Crippen LogP contribution in [-0.4, -0.2) is 76.4 Å². The summed E-state index contributed by atoms with van der Waals surface area (Å²) in [5, 5.41) is 7.61. The molecule has 0 spiro atoms. The number of aryl methyl sites for hydroxylation is 1. The predicted octanol–water partition coefficient (Wildman–Crippen LogP) is 5.49. The van der Waals surface area contributed by atoms with Crippen molar-refractivity contribution in [3.63, 3.8) is 0 Å². The first-order chi connectivity index (χ1) is 25.2. The number of nitrogens with one attached hydrogen (secondary N) is 2. The summed E-state index contributed by atoms with van der Waals surface area (Å²) in [5.41, 5.74) is 4.70. The number of fused-ring (bicyclic) bond motifs is 1. The van der Waals surface area contributed by atoms with Gasteiger partial charge in [0.2, 0.25) is 17.7 Å². The van der Waals surface area contributed by atoms with E-state index in [4.69, 9.17) is 16.3 Å². The Morgan fingerprint density at radius 1 is 0.981 bits per heavy atom. The molecule has 3 aliphatic heterocycles. The smallest absolute Gasteiger partial charge is 0.259 e. The van der Waals surface area contributed by atoms with Gasteiger partial charge in [0.05, 0.1) is 12.5 Å². The maximum absolute atomic E-state index is 13.4. The van der Waals surface area contributed by atoms with Gasteiger partial charge in [-0.3, -0.25) is 34.4 Å². The van der Waals surface area contributed by atoms with Crippen LogP contribution in [0.3, 0.4) is 0 Å². The molecule has 3 fully saturated rings. The number of hydrogen-bond acceptors (Lipinski definition) is 8. The van der Waals surface area contributed by atoms with E-state index >= 15 is 0 Å². The molecule has 0 aliphatic carbocycles. The molecule has 3 aliphatic rings. The minimum Gasteiger partial charge on any atom is -0.496 e. The number of carbonyl (C=O) groups is 3. The number of likely N-dealkylation sites (tertiary alicyclic amines) is 2. The molecule has 272 valence electrons. The second-order valence-electron chi connectivity index (χ2n) is 14.4. The molecule has 11 nitrogen and oxygen atoms in total. The summed E-state index contributed by atoms with van der Waals surface area (Å²) in [4.78, 5) is 58.1. The Kier molecular flexibility index (Phi) is 10.6. The molecule has 7 rings (SSSR count). The molecule has 4 aromatic rings. The van der Waals surface area contributed by atoms with E-state index in [1.807, 2.05) is 41.4 Å². The van der Waals surface area contributed by atoms with Crippen LogP contribution >= 0.6 is 11.6 Å². The topological polar surface area (TPSA) is 126 Å². The Morgan fingerprint density at radius 2 is 1.73 bits per heavy atom. The van der Waals surface area contributed by atoms with Crippen molar-refractivity contribution in [2.45, 2.75) is 63.5 Å². The average molecular weight is 725 g/mol. The summed E-state index contributed by atoms with van der Waals surface area (Å²) in [6.45, 7) is 3.95. The van der Waals surface area contributed by atoms with Crippen LogP contribution in [-0.2, 0) is 28.0 Å². The molecule has 12 heteroatoms. The molecule has 1 unspecified atom stereocenters. The van der Waals surface area contributed by atoms with Gasteiger partial charge in [-0.05, 0) is 104 Å². The first kappa shape index (κ1) is 35.7. The number of piperidine rings is 3. The Balaban J connectivity index is 0.893. The molecule has 0 radical (unpaired) electrons. The summed E-state index contributed by atoms with van der Waals surface area (Å²) < 4.78 is 7.41. The number of pyridine rings is 2. The fraction of sp³-hybridized carbons (Fsp3) is 0.425. The summed E-state index contributed by atoms with van der Waals surface area (Å²) in [6, 6.07) is 13.6. The van der Waals surface area contributed by atoms with Crippen LogP contribution < -0.4 is 20.9 Å². The largest absolute Gasteiger partial charge is 0.496 e. The Morgan fingerprint density at radius 3 is 2.44 bits per heavy atom. The highest BCUT2D eigenvalue weighted by molar-refractivity contribution is 6.32. The number of anilines is 1. The van der Waals surface area contributed by atoms with E-state index in [1.54, 1.807) is 31.1 Å². The van der Waals surface area contributed by atoms with Crippen molar-refractivity contribution in [3.05, 3.63) is 87.6 Å². The lowest BCUT2D eigenvalue weighted by atomic mass is 9.88.